The molecule has 4 nitrogen and oxygen atoms in total. The van der Waals surface area contributed by atoms with Gasteiger partial charge in [-0.25, -0.2) is 0 Å². The molecule has 1 aliphatic heterocycles. The first-order valence-corrected chi connectivity index (χ1v) is 6.91. The van der Waals surface area contributed by atoms with Crippen LogP contribution in [0.1, 0.15) is 12.0 Å². The lowest BCUT2D eigenvalue weighted by Gasteiger charge is -2.32. The molecule has 2 rings (SSSR count). The van der Waals surface area contributed by atoms with Gasteiger partial charge in [-0.1, -0.05) is 17.7 Å². The number of nitrogens with one attached hydrogen (secondary N) is 1. The molecule has 0 spiro atoms. The Hall–Kier alpha value is -1.10. The quantitative estimate of drug-likeness (QED) is 0.923. The molecule has 1 aromatic carbocycles. The van der Waals surface area contributed by atoms with E-state index in [0.717, 1.165) is 38.4 Å². The molecule has 0 aromatic heterocycles. The van der Waals surface area contributed by atoms with Gasteiger partial charge in [0.25, 0.3) is 0 Å². The van der Waals surface area contributed by atoms with Crippen LogP contribution in [-0.2, 0) is 4.79 Å². The molecule has 0 saturated carbocycles. The van der Waals surface area contributed by atoms with Gasteiger partial charge in [-0.05, 0) is 26.1 Å². The van der Waals surface area contributed by atoms with Gasteiger partial charge in [0.1, 0.15) is 0 Å². The van der Waals surface area contributed by atoms with E-state index in [9.17, 15) is 4.79 Å². The Balaban J connectivity index is 0.00000200. The molecule has 0 radical (unpaired) electrons. The largest absolute Gasteiger partial charge is 0.326 e. The Labute approximate surface area is 127 Å². The molecular weight excluding hydrogens is 274 g/mol. The van der Waals surface area contributed by atoms with Gasteiger partial charge >= 0.3 is 0 Å². The van der Waals surface area contributed by atoms with Crippen LogP contribution in [0.15, 0.2) is 24.3 Å². The van der Waals surface area contributed by atoms with Crippen molar-refractivity contribution >= 4 is 24.0 Å². The van der Waals surface area contributed by atoms with Gasteiger partial charge in [0.2, 0.25) is 5.91 Å². The number of anilines is 1. The standard InChI is InChI=1S/C15H23N3O.ClH/c1-13-3-5-14(6-4-13)16-15(19)7-8-18-11-9-17(2)10-12-18;/h3-6H,7-12H2,1-2H3,(H,16,19);1H. The van der Waals surface area contributed by atoms with Gasteiger partial charge in [0.05, 0.1) is 0 Å². The minimum absolute atomic E-state index is 0. The SMILES string of the molecule is Cc1ccc(NC(=O)CCN2CCN(C)CC2)cc1.Cl. The van der Waals surface area contributed by atoms with Crippen LogP contribution in [0.4, 0.5) is 5.69 Å². The number of amides is 1. The second-order valence-electron chi connectivity index (χ2n) is 5.31. The minimum Gasteiger partial charge on any atom is -0.326 e. The van der Waals surface area contributed by atoms with Crippen molar-refractivity contribution in [3.05, 3.63) is 29.8 Å². The molecule has 5 heteroatoms. The molecule has 0 unspecified atom stereocenters. The van der Waals surface area contributed by atoms with Crippen molar-refractivity contribution in [3.63, 3.8) is 0 Å². The van der Waals surface area contributed by atoms with Crippen molar-refractivity contribution in [1.29, 1.82) is 0 Å². The number of benzene rings is 1. The average Bonchev–Trinajstić information content (AvgIpc) is 2.41. The van der Waals surface area contributed by atoms with Gasteiger partial charge in [-0.3, -0.25) is 4.79 Å². The van der Waals surface area contributed by atoms with Gasteiger partial charge in [0.15, 0.2) is 0 Å². The highest BCUT2D eigenvalue weighted by atomic mass is 35.5. The Morgan fingerprint density at radius 2 is 1.75 bits per heavy atom. The van der Waals surface area contributed by atoms with E-state index in [0.29, 0.717) is 6.42 Å². The number of hydrogen-bond acceptors (Lipinski definition) is 3. The number of halogens is 1. The van der Waals surface area contributed by atoms with Crippen molar-refractivity contribution in [2.45, 2.75) is 13.3 Å². The highest BCUT2D eigenvalue weighted by molar-refractivity contribution is 5.90. The van der Waals surface area contributed by atoms with E-state index in [-0.39, 0.29) is 18.3 Å². The topological polar surface area (TPSA) is 35.6 Å². The average molecular weight is 298 g/mol. The summed E-state index contributed by atoms with van der Waals surface area (Å²) < 4.78 is 0. The van der Waals surface area contributed by atoms with Crippen LogP contribution in [-0.4, -0.2) is 55.5 Å². The summed E-state index contributed by atoms with van der Waals surface area (Å²) in [6.45, 7) is 7.21. The highest BCUT2D eigenvalue weighted by Gasteiger charge is 2.14. The summed E-state index contributed by atoms with van der Waals surface area (Å²) in [5.74, 6) is 0.0998. The molecule has 0 aliphatic carbocycles. The summed E-state index contributed by atoms with van der Waals surface area (Å²) in [5, 5.41) is 2.94. The van der Waals surface area contributed by atoms with Crippen molar-refractivity contribution < 1.29 is 4.79 Å². The van der Waals surface area contributed by atoms with E-state index in [1.807, 2.05) is 31.2 Å². The van der Waals surface area contributed by atoms with Crippen molar-refractivity contribution in [2.75, 3.05) is 45.1 Å². The van der Waals surface area contributed by atoms with Crippen LogP contribution in [0, 0.1) is 6.92 Å². The first kappa shape index (κ1) is 17.0. The number of nitrogens with zero attached hydrogens (tertiary/aromatic N) is 2. The Bertz CT molecular complexity index is 414. The maximum Gasteiger partial charge on any atom is 0.225 e. The fraction of sp³-hybridized carbons (Fsp3) is 0.533. The summed E-state index contributed by atoms with van der Waals surface area (Å²) in [4.78, 5) is 16.5. The van der Waals surface area contributed by atoms with Crippen LogP contribution >= 0.6 is 12.4 Å². The van der Waals surface area contributed by atoms with E-state index >= 15 is 0 Å². The van der Waals surface area contributed by atoms with Crippen LogP contribution in [0.25, 0.3) is 0 Å². The van der Waals surface area contributed by atoms with Crippen molar-refractivity contribution in [3.8, 4) is 0 Å². The van der Waals surface area contributed by atoms with Crippen LogP contribution in [0.2, 0.25) is 0 Å². The predicted octanol–water partition coefficient (Wildman–Crippen LogP) is 1.99. The van der Waals surface area contributed by atoms with Crippen LogP contribution in [0.3, 0.4) is 0 Å². The van der Waals surface area contributed by atoms with Crippen LogP contribution < -0.4 is 5.32 Å². The monoisotopic (exact) mass is 297 g/mol. The molecule has 112 valence electrons. The number of carbonyl (C=O) groups excluding carboxylic acids is 1. The maximum absolute atomic E-state index is 11.9. The zero-order valence-corrected chi connectivity index (χ0v) is 13.1. The number of carbonyl (C=O) groups is 1. The molecule has 0 bridgehead atoms. The minimum atomic E-state index is 0. The molecule has 20 heavy (non-hydrogen) atoms. The molecule has 0 atom stereocenters. The lowest BCUT2D eigenvalue weighted by molar-refractivity contribution is -0.116. The number of aryl methyl sites for hydroxylation is 1. The first-order valence-electron chi connectivity index (χ1n) is 6.91. The number of likely N-dealkylation sites (N-methyl/N-ethyl adjacent to an activating group) is 1. The predicted molar refractivity (Wildman–Crippen MR) is 85.6 cm³/mol. The second-order valence-corrected chi connectivity index (χ2v) is 5.31. The van der Waals surface area contributed by atoms with Crippen molar-refractivity contribution in [1.82, 2.24) is 9.80 Å². The van der Waals surface area contributed by atoms with Crippen LogP contribution in [0.5, 0.6) is 0 Å². The third-order valence-corrected chi connectivity index (χ3v) is 3.59. The molecule has 1 amide bonds. The summed E-state index contributed by atoms with van der Waals surface area (Å²) in [5.41, 5.74) is 2.09. The molecule has 1 aliphatic rings. The van der Waals surface area contributed by atoms with Gasteiger partial charge in [-0.15, -0.1) is 12.4 Å². The van der Waals surface area contributed by atoms with E-state index in [1.54, 1.807) is 0 Å². The summed E-state index contributed by atoms with van der Waals surface area (Å²) >= 11 is 0. The van der Waals surface area contributed by atoms with Crippen molar-refractivity contribution in [2.24, 2.45) is 0 Å². The zero-order valence-electron chi connectivity index (χ0n) is 12.3. The summed E-state index contributed by atoms with van der Waals surface area (Å²) in [7, 11) is 2.14. The number of hydrogen-bond donors (Lipinski definition) is 1. The lowest BCUT2D eigenvalue weighted by Crippen LogP contribution is -2.45. The Morgan fingerprint density at radius 1 is 1.15 bits per heavy atom. The molecule has 1 N–H and O–H groups in total. The fourth-order valence-corrected chi connectivity index (χ4v) is 2.19. The molecule has 1 aromatic rings. The van der Waals surface area contributed by atoms with Gasteiger partial charge < -0.3 is 15.1 Å². The van der Waals surface area contributed by atoms with Gasteiger partial charge in [-0.2, -0.15) is 0 Å². The number of piperazine rings is 1. The Kier molecular flexibility index (Phi) is 6.99. The van der Waals surface area contributed by atoms with E-state index in [2.05, 4.69) is 22.2 Å². The molecule has 1 heterocycles. The van der Waals surface area contributed by atoms with Gasteiger partial charge in [0, 0.05) is 44.8 Å². The normalized spacial score (nSPS) is 16.5. The first-order chi connectivity index (χ1) is 9.13. The summed E-state index contributed by atoms with van der Waals surface area (Å²) in [6, 6.07) is 7.92. The van der Waals surface area contributed by atoms with E-state index in [1.165, 1.54) is 5.56 Å². The highest BCUT2D eigenvalue weighted by Crippen LogP contribution is 2.09. The third-order valence-electron chi connectivity index (χ3n) is 3.59. The molecule has 1 saturated heterocycles. The lowest BCUT2D eigenvalue weighted by atomic mass is 10.2. The van der Waals surface area contributed by atoms with E-state index < -0.39 is 0 Å². The number of rotatable bonds is 4. The fourth-order valence-electron chi connectivity index (χ4n) is 2.19. The summed E-state index contributed by atoms with van der Waals surface area (Å²) in [6.07, 6.45) is 0.567. The third kappa shape index (κ3) is 5.49. The van der Waals surface area contributed by atoms with E-state index in [4.69, 9.17) is 0 Å². The smallest absolute Gasteiger partial charge is 0.225 e. The maximum atomic E-state index is 11.9. The zero-order chi connectivity index (χ0) is 13.7. The molecular formula is C15H24ClN3O. The Morgan fingerprint density at radius 3 is 2.35 bits per heavy atom. The molecule has 1 fully saturated rings. The second kappa shape index (κ2) is 8.25.